The van der Waals surface area contributed by atoms with Crippen LogP contribution in [0.5, 0.6) is 0 Å². The molecule has 6 aromatic carbocycles. The molecule has 0 aliphatic carbocycles. The maximum Gasteiger partial charge on any atom is 0.253 e. The minimum Gasteiger partial charge on any atom is -0.415 e. The largest absolute Gasteiger partial charge is 0.415 e. The molecule has 1 aromatic heterocycles. The fraction of sp³-hybridized carbons (Fsp3) is 0.0588. The molecule has 0 radical (unpaired) electrons. The van der Waals surface area contributed by atoms with Crippen molar-refractivity contribution in [2.24, 2.45) is 0 Å². The molecular formula is C34H25O2P. The zero-order chi connectivity index (χ0) is 24.9. The molecule has 0 atom stereocenters. The van der Waals surface area contributed by atoms with Crippen LogP contribution in [0.3, 0.4) is 0 Å². The summed E-state index contributed by atoms with van der Waals surface area (Å²) < 4.78 is 13.8. The van der Waals surface area contributed by atoms with Gasteiger partial charge in [-0.1, -0.05) is 109 Å². The van der Waals surface area contributed by atoms with Gasteiger partial charge >= 0.3 is 0 Å². The molecular weight excluding hydrogens is 471 g/mol. The molecule has 178 valence electrons. The molecule has 7 aromatic rings. The highest BCUT2D eigenvalue weighted by Crippen LogP contribution is 2.51. The highest BCUT2D eigenvalue weighted by molar-refractivity contribution is 7.46. The quantitative estimate of drug-likeness (QED) is 0.238. The lowest BCUT2D eigenvalue weighted by molar-refractivity contribution is 0.648. The fourth-order valence-corrected chi connectivity index (χ4v) is 7.06. The summed E-state index contributed by atoms with van der Waals surface area (Å²) in [6.07, 6.45) is 0. The number of hydrogen-bond acceptors (Lipinski definition) is 2. The SMILES string of the molecule is Cc1cccc2c1op(-c1ccc3ccccc3c1-c1cccc3ccccc13)oc1c(C)cccc12. The van der Waals surface area contributed by atoms with Gasteiger partial charge in [-0.2, -0.15) is 0 Å². The third-order valence-corrected chi connectivity index (χ3v) is 8.69. The minimum absolute atomic E-state index is 0.898. The van der Waals surface area contributed by atoms with Crippen LogP contribution >= 0.6 is 8.01 Å². The molecule has 7 rings (SSSR count). The van der Waals surface area contributed by atoms with Crippen molar-refractivity contribution in [1.29, 1.82) is 0 Å². The number of benzene rings is 6. The fourth-order valence-electron chi connectivity index (χ4n) is 5.39. The Hall–Kier alpha value is -4.26. The Morgan fingerprint density at radius 1 is 0.459 bits per heavy atom. The van der Waals surface area contributed by atoms with E-state index in [0.29, 0.717) is 0 Å². The van der Waals surface area contributed by atoms with Crippen LogP contribution in [-0.4, -0.2) is 0 Å². The first-order valence-corrected chi connectivity index (χ1v) is 13.7. The summed E-state index contributed by atoms with van der Waals surface area (Å²) in [7, 11) is -1.47. The van der Waals surface area contributed by atoms with Crippen LogP contribution in [0.1, 0.15) is 11.1 Å². The molecule has 0 bridgehead atoms. The van der Waals surface area contributed by atoms with Gasteiger partial charge in [-0.25, -0.2) is 0 Å². The van der Waals surface area contributed by atoms with Crippen molar-refractivity contribution in [1.82, 2.24) is 0 Å². The number of hydrogen-bond donors (Lipinski definition) is 0. The first-order valence-electron chi connectivity index (χ1n) is 12.5. The third-order valence-electron chi connectivity index (χ3n) is 7.23. The molecule has 0 unspecified atom stereocenters. The molecule has 0 saturated carbocycles. The average molecular weight is 497 g/mol. The van der Waals surface area contributed by atoms with Gasteiger partial charge in [0, 0.05) is 16.3 Å². The van der Waals surface area contributed by atoms with Gasteiger partial charge in [-0.3, -0.25) is 0 Å². The van der Waals surface area contributed by atoms with Gasteiger partial charge in [0.1, 0.15) is 11.2 Å². The summed E-state index contributed by atoms with van der Waals surface area (Å²) in [5, 5.41) is 8.08. The summed E-state index contributed by atoms with van der Waals surface area (Å²) in [6, 6.07) is 40.8. The predicted octanol–water partition coefficient (Wildman–Crippen LogP) is 10.9. The van der Waals surface area contributed by atoms with Crippen LogP contribution < -0.4 is 0 Å². The van der Waals surface area contributed by atoms with Gasteiger partial charge in [0.15, 0.2) is 0 Å². The lowest BCUT2D eigenvalue weighted by Gasteiger charge is -2.14. The maximum atomic E-state index is 6.88. The van der Waals surface area contributed by atoms with Gasteiger partial charge in [-0.15, -0.1) is 0 Å². The molecule has 37 heavy (non-hydrogen) atoms. The van der Waals surface area contributed by atoms with Crippen molar-refractivity contribution in [3.8, 4) is 16.4 Å². The Kier molecular flexibility index (Phi) is 5.16. The molecule has 0 fully saturated rings. The lowest BCUT2D eigenvalue weighted by Crippen LogP contribution is -1.86. The summed E-state index contributed by atoms with van der Waals surface area (Å²) in [5.74, 6) is 0. The van der Waals surface area contributed by atoms with E-state index in [0.717, 1.165) is 38.4 Å². The molecule has 0 aliphatic heterocycles. The molecule has 0 aliphatic rings. The van der Waals surface area contributed by atoms with Crippen LogP contribution in [0.25, 0.3) is 59.9 Å². The summed E-state index contributed by atoms with van der Waals surface area (Å²) in [5.41, 5.74) is 6.38. The molecule has 0 N–H and O–H groups in total. The van der Waals surface area contributed by atoms with Crippen LogP contribution in [-0.2, 0) is 0 Å². The number of aryl methyl sites for hydroxylation is 2. The van der Waals surface area contributed by atoms with Crippen molar-refractivity contribution < 1.29 is 8.39 Å². The zero-order valence-electron chi connectivity index (χ0n) is 20.7. The number of para-hydroxylation sites is 2. The Balaban J connectivity index is 1.68. The Labute approximate surface area is 216 Å². The van der Waals surface area contributed by atoms with E-state index in [-0.39, 0.29) is 0 Å². The average Bonchev–Trinajstić information content (AvgIpc) is 3.11. The van der Waals surface area contributed by atoms with Gasteiger partial charge in [0.05, 0.1) is 5.30 Å². The highest BCUT2D eigenvalue weighted by atomic mass is 31.1. The second kappa shape index (κ2) is 8.69. The molecule has 0 spiro atoms. The van der Waals surface area contributed by atoms with Gasteiger partial charge < -0.3 is 8.39 Å². The maximum absolute atomic E-state index is 6.88. The van der Waals surface area contributed by atoms with Crippen molar-refractivity contribution in [3.63, 3.8) is 0 Å². The Bertz CT molecular complexity index is 1950. The minimum atomic E-state index is -1.47. The third kappa shape index (κ3) is 3.56. The van der Waals surface area contributed by atoms with Crippen LogP contribution in [0.4, 0.5) is 0 Å². The first kappa shape index (κ1) is 22.0. The lowest BCUT2D eigenvalue weighted by atomic mass is 9.94. The van der Waals surface area contributed by atoms with Crippen LogP contribution in [0.2, 0.25) is 0 Å². The van der Waals surface area contributed by atoms with E-state index >= 15 is 0 Å². The number of rotatable bonds is 2. The normalized spacial score (nSPS) is 11.5. The highest BCUT2D eigenvalue weighted by Gasteiger charge is 2.19. The predicted molar refractivity (Wildman–Crippen MR) is 158 cm³/mol. The second-order valence-electron chi connectivity index (χ2n) is 9.55. The van der Waals surface area contributed by atoms with Crippen molar-refractivity contribution in [2.45, 2.75) is 13.8 Å². The summed E-state index contributed by atoms with van der Waals surface area (Å²) >= 11 is 0. The zero-order valence-corrected chi connectivity index (χ0v) is 21.6. The van der Waals surface area contributed by atoms with Gasteiger partial charge in [0.25, 0.3) is 8.01 Å². The van der Waals surface area contributed by atoms with Crippen molar-refractivity contribution in [2.75, 3.05) is 0 Å². The van der Waals surface area contributed by atoms with E-state index in [1.165, 1.54) is 32.7 Å². The smallest absolute Gasteiger partial charge is 0.253 e. The summed E-state index contributed by atoms with van der Waals surface area (Å²) in [4.78, 5) is 0. The van der Waals surface area contributed by atoms with Gasteiger partial charge in [-0.05, 0) is 58.1 Å². The second-order valence-corrected chi connectivity index (χ2v) is 10.9. The van der Waals surface area contributed by atoms with E-state index < -0.39 is 8.01 Å². The van der Waals surface area contributed by atoms with E-state index in [2.05, 4.69) is 129 Å². The topological polar surface area (TPSA) is 26.3 Å². The Morgan fingerprint density at radius 3 is 1.65 bits per heavy atom. The standard InChI is InChI=1S/C34H25O2P/c1-22-10-7-18-29-30-19-8-11-23(2)34(30)36-37(35-33(22)29)31-21-20-25-13-4-6-16-27(25)32(31)28-17-9-14-24-12-3-5-15-26(24)28/h3-21H,1-2H3. The van der Waals surface area contributed by atoms with Gasteiger partial charge in [0.2, 0.25) is 0 Å². The van der Waals surface area contributed by atoms with E-state index in [9.17, 15) is 0 Å². The van der Waals surface area contributed by atoms with E-state index in [4.69, 9.17) is 8.39 Å². The van der Waals surface area contributed by atoms with Crippen LogP contribution in [0.15, 0.2) is 124 Å². The van der Waals surface area contributed by atoms with Crippen molar-refractivity contribution in [3.05, 3.63) is 126 Å². The van der Waals surface area contributed by atoms with E-state index in [1.54, 1.807) is 0 Å². The monoisotopic (exact) mass is 496 g/mol. The molecule has 2 nitrogen and oxygen atoms in total. The number of fused-ring (bicyclic) bond motifs is 5. The molecule has 1 heterocycles. The first-order chi connectivity index (χ1) is 18.2. The Morgan fingerprint density at radius 2 is 0.973 bits per heavy atom. The van der Waals surface area contributed by atoms with Crippen LogP contribution in [0, 0.1) is 13.8 Å². The molecule has 0 amide bonds. The van der Waals surface area contributed by atoms with Crippen molar-refractivity contribution >= 4 is 51.5 Å². The molecule has 3 heteroatoms. The molecule has 0 saturated heterocycles. The summed E-state index contributed by atoms with van der Waals surface area (Å²) in [6.45, 7) is 4.22. The van der Waals surface area contributed by atoms with E-state index in [1.807, 2.05) is 0 Å².